The van der Waals surface area contributed by atoms with Crippen molar-refractivity contribution >= 4 is 29.1 Å². The van der Waals surface area contributed by atoms with E-state index in [1.807, 2.05) is 23.9 Å². The molecule has 0 spiro atoms. The molecule has 1 aromatic rings. The van der Waals surface area contributed by atoms with Crippen molar-refractivity contribution < 1.29 is 4.74 Å². The highest BCUT2D eigenvalue weighted by atomic mass is 35.5. The van der Waals surface area contributed by atoms with Gasteiger partial charge in [-0.1, -0.05) is 11.6 Å². The Balaban J connectivity index is 2.18. The van der Waals surface area contributed by atoms with E-state index in [1.54, 1.807) is 0 Å². The van der Waals surface area contributed by atoms with E-state index in [2.05, 4.69) is 13.8 Å². The molecule has 1 fully saturated rings. The van der Waals surface area contributed by atoms with Crippen molar-refractivity contribution in [2.75, 3.05) is 12.3 Å². The minimum absolute atomic E-state index is 0.320. The Hall–Kier alpha value is -0.380. The van der Waals surface area contributed by atoms with Crippen LogP contribution in [0.15, 0.2) is 17.0 Å². The maximum Gasteiger partial charge on any atom is 0.0669 e. The Morgan fingerprint density at radius 3 is 2.88 bits per heavy atom. The van der Waals surface area contributed by atoms with Crippen molar-refractivity contribution in [1.82, 2.24) is 0 Å². The van der Waals surface area contributed by atoms with Crippen LogP contribution in [0.3, 0.4) is 0 Å². The van der Waals surface area contributed by atoms with E-state index in [0.717, 1.165) is 13.0 Å². The molecule has 1 aliphatic heterocycles. The number of rotatable bonds is 2. The van der Waals surface area contributed by atoms with E-state index in [4.69, 9.17) is 22.1 Å². The average molecular weight is 258 g/mol. The summed E-state index contributed by atoms with van der Waals surface area (Å²) in [7, 11) is 0. The zero-order chi connectivity index (χ0) is 11.7. The van der Waals surface area contributed by atoms with Gasteiger partial charge in [0.15, 0.2) is 0 Å². The Labute approximate surface area is 105 Å². The lowest BCUT2D eigenvalue weighted by Crippen LogP contribution is -2.13. The van der Waals surface area contributed by atoms with Crippen LogP contribution in [0, 0.1) is 6.92 Å². The summed E-state index contributed by atoms with van der Waals surface area (Å²) in [5.41, 5.74) is 7.60. The predicted octanol–water partition coefficient (Wildman–Crippen LogP) is 3.50. The highest BCUT2D eigenvalue weighted by Gasteiger charge is 2.25. The van der Waals surface area contributed by atoms with Crippen molar-refractivity contribution in [2.24, 2.45) is 0 Å². The minimum Gasteiger partial charge on any atom is -0.398 e. The third-order valence-corrected chi connectivity index (χ3v) is 4.82. The molecule has 1 aliphatic rings. The molecule has 0 radical (unpaired) electrons. The van der Waals surface area contributed by atoms with Gasteiger partial charge in [0.25, 0.3) is 0 Å². The Morgan fingerprint density at radius 2 is 2.25 bits per heavy atom. The fourth-order valence-corrected chi connectivity index (χ4v) is 3.31. The van der Waals surface area contributed by atoms with Crippen LogP contribution in [0.2, 0.25) is 5.02 Å². The number of nitrogen functional groups attached to an aromatic ring is 1. The van der Waals surface area contributed by atoms with Crippen molar-refractivity contribution in [2.45, 2.75) is 36.5 Å². The van der Waals surface area contributed by atoms with Gasteiger partial charge in [-0.2, -0.15) is 0 Å². The maximum atomic E-state index is 6.04. The van der Waals surface area contributed by atoms with Crippen LogP contribution in [-0.4, -0.2) is 18.0 Å². The molecule has 0 amide bonds. The molecule has 0 saturated carbocycles. The normalized spacial score (nSPS) is 24.9. The van der Waals surface area contributed by atoms with Gasteiger partial charge in [0.05, 0.1) is 16.8 Å². The topological polar surface area (TPSA) is 35.2 Å². The first kappa shape index (κ1) is 12.1. The van der Waals surface area contributed by atoms with Gasteiger partial charge >= 0.3 is 0 Å². The third-order valence-electron chi connectivity index (χ3n) is 2.88. The molecule has 1 aromatic carbocycles. The van der Waals surface area contributed by atoms with Crippen molar-refractivity contribution in [3.63, 3.8) is 0 Å². The van der Waals surface area contributed by atoms with Crippen LogP contribution in [0.1, 0.15) is 18.9 Å². The maximum absolute atomic E-state index is 6.04. The first-order valence-electron chi connectivity index (χ1n) is 5.42. The zero-order valence-electron chi connectivity index (χ0n) is 9.50. The van der Waals surface area contributed by atoms with Crippen LogP contribution in [0.4, 0.5) is 5.69 Å². The molecule has 1 heterocycles. The molecule has 88 valence electrons. The molecular weight excluding hydrogens is 242 g/mol. The van der Waals surface area contributed by atoms with Crippen LogP contribution >= 0.6 is 23.4 Å². The smallest absolute Gasteiger partial charge is 0.0669 e. The second kappa shape index (κ2) is 4.86. The van der Waals surface area contributed by atoms with Gasteiger partial charge in [0.1, 0.15) is 0 Å². The van der Waals surface area contributed by atoms with E-state index >= 15 is 0 Å². The summed E-state index contributed by atoms with van der Waals surface area (Å²) in [5, 5.41) is 1.16. The second-order valence-electron chi connectivity index (χ2n) is 4.16. The van der Waals surface area contributed by atoms with Gasteiger partial charge in [0, 0.05) is 16.8 Å². The first-order chi connectivity index (χ1) is 7.58. The molecule has 0 aromatic heterocycles. The monoisotopic (exact) mass is 257 g/mol. The molecule has 1 saturated heterocycles. The van der Waals surface area contributed by atoms with E-state index in [9.17, 15) is 0 Å². The number of hydrogen-bond acceptors (Lipinski definition) is 3. The lowest BCUT2D eigenvalue weighted by Gasteiger charge is -2.15. The van der Waals surface area contributed by atoms with E-state index in [-0.39, 0.29) is 0 Å². The molecule has 0 aliphatic carbocycles. The number of anilines is 1. The number of thioether (sulfide) groups is 1. The summed E-state index contributed by atoms with van der Waals surface area (Å²) in [6, 6.07) is 3.90. The number of halogens is 1. The second-order valence-corrected chi connectivity index (χ2v) is 5.85. The molecule has 2 N–H and O–H groups in total. The molecular formula is C12H16ClNOS. The Bertz CT molecular complexity index is 397. The predicted molar refractivity (Wildman–Crippen MR) is 70.3 cm³/mol. The summed E-state index contributed by atoms with van der Waals surface area (Å²) in [4.78, 5) is 1.21. The third kappa shape index (κ3) is 2.47. The molecule has 16 heavy (non-hydrogen) atoms. The standard InChI is InChI=1S/C12H16ClNOS/c1-7-5-10(14)9(13)6-12(7)16-11-3-4-15-8(11)2/h5-6,8,11H,3-4,14H2,1-2H3. The largest absolute Gasteiger partial charge is 0.398 e. The minimum atomic E-state index is 0.320. The SMILES string of the molecule is Cc1cc(N)c(Cl)cc1SC1CCOC1C. The molecule has 2 nitrogen and oxygen atoms in total. The molecule has 2 unspecified atom stereocenters. The van der Waals surface area contributed by atoms with Gasteiger partial charge in [-0.3, -0.25) is 0 Å². The number of nitrogens with two attached hydrogens (primary N) is 1. The summed E-state index contributed by atoms with van der Waals surface area (Å²) < 4.78 is 5.55. The van der Waals surface area contributed by atoms with Crippen molar-refractivity contribution in [3.05, 3.63) is 22.7 Å². The van der Waals surface area contributed by atoms with Gasteiger partial charge in [-0.05, 0) is 38.0 Å². The number of benzene rings is 1. The van der Waals surface area contributed by atoms with Gasteiger partial charge in [-0.15, -0.1) is 11.8 Å². The highest BCUT2D eigenvalue weighted by Crippen LogP contribution is 2.37. The summed E-state index contributed by atoms with van der Waals surface area (Å²) >= 11 is 7.88. The van der Waals surface area contributed by atoms with Crippen LogP contribution < -0.4 is 5.73 Å². The lowest BCUT2D eigenvalue weighted by atomic mass is 10.2. The van der Waals surface area contributed by atoms with Crippen LogP contribution in [0.25, 0.3) is 0 Å². The highest BCUT2D eigenvalue weighted by molar-refractivity contribution is 8.00. The molecule has 2 atom stereocenters. The quantitative estimate of drug-likeness (QED) is 0.824. The number of aryl methyl sites for hydroxylation is 1. The zero-order valence-corrected chi connectivity index (χ0v) is 11.1. The van der Waals surface area contributed by atoms with E-state index in [0.29, 0.717) is 22.1 Å². The van der Waals surface area contributed by atoms with E-state index in [1.165, 1.54) is 10.5 Å². The molecule has 2 rings (SSSR count). The van der Waals surface area contributed by atoms with Crippen molar-refractivity contribution in [3.8, 4) is 0 Å². The average Bonchev–Trinajstić information content (AvgIpc) is 2.61. The van der Waals surface area contributed by atoms with Gasteiger partial charge < -0.3 is 10.5 Å². The summed E-state index contributed by atoms with van der Waals surface area (Å²) in [6.07, 6.45) is 1.42. The first-order valence-corrected chi connectivity index (χ1v) is 6.67. The fourth-order valence-electron chi connectivity index (χ4n) is 1.84. The summed E-state index contributed by atoms with van der Waals surface area (Å²) in [5.74, 6) is 0. The van der Waals surface area contributed by atoms with Gasteiger partial charge in [-0.25, -0.2) is 0 Å². The fraction of sp³-hybridized carbons (Fsp3) is 0.500. The summed E-state index contributed by atoms with van der Waals surface area (Å²) in [6.45, 7) is 5.05. The lowest BCUT2D eigenvalue weighted by molar-refractivity contribution is 0.127. The Kier molecular flexibility index (Phi) is 3.67. The number of ether oxygens (including phenoxy) is 1. The number of hydrogen-bond donors (Lipinski definition) is 1. The van der Waals surface area contributed by atoms with Crippen molar-refractivity contribution in [1.29, 1.82) is 0 Å². The Morgan fingerprint density at radius 1 is 1.50 bits per heavy atom. The van der Waals surface area contributed by atoms with Gasteiger partial charge in [0.2, 0.25) is 0 Å². The van der Waals surface area contributed by atoms with Crippen LogP contribution in [0.5, 0.6) is 0 Å². The van der Waals surface area contributed by atoms with E-state index < -0.39 is 0 Å². The molecule has 4 heteroatoms. The van der Waals surface area contributed by atoms with Crippen LogP contribution in [-0.2, 0) is 4.74 Å². The molecule has 0 bridgehead atoms.